The fourth-order valence-corrected chi connectivity index (χ4v) is 4.17. The number of pyridine rings is 1. The van der Waals surface area contributed by atoms with E-state index in [1.54, 1.807) is 26.6 Å². The second-order valence-corrected chi connectivity index (χ2v) is 8.48. The Kier molecular flexibility index (Phi) is 8.55. The Labute approximate surface area is 212 Å². The third-order valence-electron chi connectivity index (χ3n) is 6.22. The number of aliphatic hydroxyl groups excluding tert-OH is 1. The van der Waals surface area contributed by atoms with Crippen LogP contribution >= 0.6 is 0 Å². The van der Waals surface area contributed by atoms with Crippen molar-refractivity contribution in [3.8, 4) is 28.4 Å². The lowest BCUT2D eigenvalue weighted by atomic mass is 9.97. The number of rotatable bonds is 11. The number of nitrogens with one attached hydrogen (secondary N) is 1. The van der Waals surface area contributed by atoms with Crippen LogP contribution in [0.25, 0.3) is 11.1 Å². The molecular weight excluding hydrogens is 452 g/mol. The fourth-order valence-electron chi connectivity index (χ4n) is 4.17. The third-order valence-corrected chi connectivity index (χ3v) is 6.22. The molecule has 1 heterocycles. The number of hydrogen-bond acceptors (Lipinski definition) is 6. The zero-order chi connectivity index (χ0) is 25.3. The monoisotopic (exact) mass is 484 g/mol. The van der Waals surface area contributed by atoms with Gasteiger partial charge in [0.1, 0.15) is 23.9 Å². The van der Waals surface area contributed by atoms with Crippen LogP contribution in [0.1, 0.15) is 28.4 Å². The summed E-state index contributed by atoms with van der Waals surface area (Å²) in [5.74, 6) is 1.97. The predicted octanol–water partition coefficient (Wildman–Crippen LogP) is 5.48. The average Bonchev–Trinajstić information content (AvgIpc) is 2.93. The molecule has 4 rings (SSSR count). The van der Waals surface area contributed by atoms with Crippen molar-refractivity contribution in [3.05, 3.63) is 107 Å². The van der Waals surface area contributed by atoms with Crippen LogP contribution in [-0.4, -0.2) is 30.9 Å². The molecule has 0 amide bonds. The number of benzene rings is 3. The fraction of sp³-hybridized carbons (Fsp3) is 0.233. The van der Waals surface area contributed by atoms with Crippen LogP contribution in [0, 0.1) is 6.92 Å². The first kappa shape index (κ1) is 25.2. The Hall–Kier alpha value is -3.87. The van der Waals surface area contributed by atoms with Gasteiger partial charge in [-0.25, -0.2) is 0 Å². The van der Waals surface area contributed by atoms with Gasteiger partial charge in [-0.05, 0) is 35.2 Å². The van der Waals surface area contributed by atoms with Gasteiger partial charge in [-0.1, -0.05) is 54.6 Å². The number of nitrogens with zero attached hydrogens (tertiary/aromatic N) is 1. The van der Waals surface area contributed by atoms with E-state index in [4.69, 9.17) is 14.2 Å². The zero-order valence-corrected chi connectivity index (χ0v) is 20.9. The van der Waals surface area contributed by atoms with Crippen molar-refractivity contribution in [2.75, 3.05) is 20.8 Å². The zero-order valence-electron chi connectivity index (χ0n) is 20.9. The van der Waals surface area contributed by atoms with Crippen LogP contribution in [0.3, 0.4) is 0 Å². The molecule has 0 saturated carbocycles. The maximum absolute atomic E-state index is 10.4. The summed E-state index contributed by atoms with van der Waals surface area (Å²) in [6.45, 7) is 3.38. The molecule has 0 aliphatic heterocycles. The molecule has 6 heteroatoms. The second-order valence-electron chi connectivity index (χ2n) is 8.48. The van der Waals surface area contributed by atoms with Gasteiger partial charge in [0.2, 0.25) is 0 Å². The number of methoxy groups -OCH3 is 2. The van der Waals surface area contributed by atoms with E-state index in [-0.39, 0.29) is 0 Å². The molecule has 6 nitrogen and oxygen atoms in total. The van der Waals surface area contributed by atoms with Crippen molar-refractivity contribution in [1.82, 2.24) is 10.3 Å². The van der Waals surface area contributed by atoms with Gasteiger partial charge in [0, 0.05) is 43.2 Å². The van der Waals surface area contributed by atoms with Crippen molar-refractivity contribution in [3.63, 3.8) is 0 Å². The quantitative estimate of drug-likeness (QED) is 0.294. The molecule has 0 saturated heterocycles. The van der Waals surface area contributed by atoms with Gasteiger partial charge in [0.25, 0.3) is 0 Å². The average molecular weight is 485 g/mol. The molecule has 186 valence electrons. The number of aromatic nitrogens is 1. The molecule has 0 fully saturated rings. The van der Waals surface area contributed by atoms with Crippen LogP contribution in [-0.2, 0) is 13.2 Å². The van der Waals surface area contributed by atoms with E-state index < -0.39 is 6.10 Å². The minimum Gasteiger partial charge on any atom is -0.496 e. The van der Waals surface area contributed by atoms with Crippen LogP contribution in [0.5, 0.6) is 17.2 Å². The summed E-state index contributed by atoms with van der Waals surface area (Å²) in [6.07, 6.45) is 2.69. The first-order chi connectivity index (χ1) is 17.6. The van der Waals surface area contributed by atoms with E-state index in [9.17, 15) is 5.11 Å². The Balaban J connectivity index is 1.46. The Morgan fingerprint density at radius 1 is 0.917 bits per heavy atom. The topological polar surface area (TPSA) is 72.8 Å². The summed E-state index contributed by atoms with van der Waals surface area (Å²) in [5.41, 5.74) is 6.31. The maximum Gasteiger partial charge on any atom is 0.130 e. The molecule has 0 radical (unpaired) electrons. The van der Waals surface area contributed by atoms with E-state index in [0.717, 1.165) is 16.7 Å². The summed E-state index contributed by atoms with van der Waals surface area (Å²) < 4.78 is 17.5. The van der Waals surface area contributed by atoms with Crippen molar-refractivity contribution >= 4 is 0 Å². The lowest BCUT2D eigenvalue weighted by Gasteiger charge is -2.18. The Morgan fingerprint density at radius 2 is 1.67 bits per heavy atom. The summed E-state index contributed by atoms with van der Waals surface area (Å²) in [5, 5.41) is 13.7. The van der Waals surface area contributed by atoms with E-state index in [2.05, 4.69) is 47.6 Å². The van der Waals surface area contributed by atoms with Gasteiger partial charge in [-0.3, -0.25) is 4.98 Å². The third kappa shape index (κ3) is 6.03. The van der Waals surface area contributed by atoms with Crippen LogP contribution < -0.4 is 19.5 Å². The van der Waals surface area contributed by atoms with E-state index >= 15 is 0 Å². The highest BCUT2D eigenvalue weighted by Gasteiger charge is 2.15. The number of aliphatic hydroxyl groups is 1. The van der Waals surface area contributed by atoms with E-state index in [1.807, 2.05) is 42.5 Å². The first-order valence-corrected chi connectivity index (χ1v) is 11.9. The minimum atomic E-state index is -0.659. The number of hydrogen-bond donors (Lipinski definition) is 2. The normalized spacial score (nSPS) is 11.7. The van der Waals surface area contributed by atoms with Gasteiger partial charge in [0.05, 0.1) is 25.9 Å². The lowest BCUT2D eigenvalue weighted by Crippen LogP contribution is -2.21. The molecule has 0 aliphatic rings. The standard InChI is InChI=1S/C30H32N2O4/c1-21-24(11-7-13-26(21)22-9-5-4-6-10-22)20-36-25-15-29(34-2)27(30(16-25)35-3)18-32-19-28(33)23-12-8-14-31-17-23/h4-17,28,32-33H,18-20H2,1-3H3. The predicted molar refractivity (Wildman–Crippen MR) is 141 cm³/mol. The molecule has 1 unspecified atom stereocenters. The highest BCUT2D eigenvalue weighted by Crippen LogP contribution is 2.35. The summed E-state index contributed by atoms with van der Waals surface area (Å²) in [6, 6.07) is 24.0. The van der Waals surface area contributed by atoms with Gasteiger partial charge >= 0.3 is 0 Å². The lowest BCUT2D eigenvalue weighted by molar-refractivity contribution is 0.173. The Morgan fingerprint density at radius 3 is 2.33 bits per heavy atom. The van der Waals surface area contributed by atoms with Gasteiger partial charge in [-0.15, -0.1) is 0 Å². The van der Waals surface area contributed by atoms with Crippen LogP contribution in [0.4, 0.5) is 0 Å². The molecular formula is C30H32N2O4. The molecule has 0 spiro atoms. The molecule has 0 aliphatic carbocycles. The molecule has 0 bridgehead atoms. The summed E-state index contributed by atoms with van der Waals surface area (Å²) >= 11 is 0. The van der Waals surface area contributed by atoms with Gasteiger partial charge in [0.15, 0.2) is 0 Å². The highest BCUT2D eigenvalue weighted by atomic mass is 16.5. The second kappa shape index (κ2) is 12.2. The molecule has 1 atom stereocenters. The SMILES string of the molecule is COc1cc(OCc2cccc(-c3ccccc3)c2C)cc(OC)c1CNCC(O)c1cccnc1. The molecule has 2 N–H and O–H groups in total. The van der Waals surface area contributed by atoms with Crippen LogP contribution in [0.15, 0.2) is 85.2 Å². The van der Waals surface area contributed by atoms with Crippen molar-refractivity contribution < 1.29 is 19.3 Å². The first-order valence-electron chi connectivity index (χ1n) is 11.9. The summed E-state index contributed by atoms with van der Waals surface area (Å²) in [4.78, 5) is 4.06. The van der Waals surface area contributed by atoms with Crippen LogP contribution in [0.2, 0.25) is 0 Å². The summed E-state index contributed by atoms with van der Waals surface area (Å²) in [7, 11) is 3.25. The van der Waals surface area contributed by atoms with E-state index in [0.29, 0.717) is 36.9 Å². The van der Waals surface area contributed by atoms with Gasteiger partial charge in [-0.2, -0.15) is 0 Å². The smallest absolute Gasteiger partial charge is 0.130 e. The highest BCUT2D eigenvalue weighted by molar-refractivity contribution is 5.68. The molecule has 4 aromatic rings. The molecule has 1 aromatic heterocycles. The number of ether oxygens (including phenoxy) is 3. The maximum atomic E-state index is 10.4. The van der Waals surface area contributed by atoms with Crippen molar-refractivity contribution in [2.45, 2.75) is 26.2 Å². The van der Waals surface area contributed by atoms with E-state index in [1.165, 1.54) is 16.7 Å². The Bertz CT molecular complexity index is 1240. The van der Waals surface area contributed by atoms with Crippen molar-refractivity contribution in [1.29, 1.82) is 0 Å². The molecule has 36 heavy (non-hydrogen) atoms. The van der Waals surface area contributed by atoms with Crippen molar-refractivity contribution in [2.24, 2.45) is 0 Å². The molecule has 3 aromatic carbocycles. The van der Waals surface area contributed by atoms with Gasteiger partial charge < -0.3 is 24.6 Å². The largest absolute Gasteiger partial charge is 0.496 e. The minimum absolute atomic E-state index is 0.368.